The van der Waals surface area contributed by atoms with Crippen molar-refractivity contribution in [2.24, 2.45) is 0 Å². The molecule has 0 spiro atoms. The molecular weight excluding hydrogens is 282 g/mol. The van der Waals surface area contributed by atoms with E-state index in [1.54, 1.807) is 30.2 Å². The van der Waals surface area contributed by atoms with Crippen LogP contribution >= 0.6 is 23.1 Å². The number of thioether (sulfide) groups is 1. The van der Waals surface area contributed by atoms with E-state index in [2.05, 4.69) is 37.7 Å². The van der Waals surface area contributed by atoms with Gasteiger partial charge in [-0.15, -0.1) is 5.10 Å². The Balaban J connectivity index is 1.74. The van der Waals surface area contributed by atoms with Gasteiger partial charge in [0.25, 0.3) is 0 Å². The van der Waals surface area contributed by atoms with Gasteiger partial charge in [-0.2, -0.15) is 11.3 Å². The van der Waals surface area contributed by atoms with Gasteiger partial charge < -0.3 is 10.1 Å². The van der Waals surface area contributed by atoms with E-state index < -0.39 is 0 Å². The van der Waals surface area contributed by atoms with E-state index in [9.17, 15) is 0 Å². The highest BCUT2D eigenvalue weighted by molar-refractivity contribution is 7.98. The Kier molecular flexibility index (Phi) is 6.28. The van der Waals surface area contributed by atoms with Crippen LogP contribution in [0.15, 0.2) is 22.0 Å². The number of tetrazole rings is 1. The molecule has 0 saturated heterocycles. The van der Waals surface area contributed by atoms with E-state index in [0.717, 1.165) is 37.2 Å². The summed E-state index contributed by atoms with van der Waals surface area (Å²) in [6, 6.07) is 2.12. The molecule has 2 aromatic heterocycles. The molecule has 8 heteroatoms. The summed E-state index contributed by atoms with van der Waals surface area (Å²) in [5, 5.41) is 20.1. The first-order chi connectivity index (χ1) is 9.40. The van der Waals surface area contributed by atoms with Gasteiger partial charge in [-0.05, 0) is 32.8 Å². The van der Waals surface area contributed by atoms with Gasteiger partial charge in [-0.3, -0.25) is 0 Å². The van der Waals surface area contributed by atoms with Gasteiger partial charge in [0.05, 0.1) is 13.2 Å². The van der Waals surface area contributed by atoms with Crippen LogP contribution in [0, 0.1) is 0 Å². The van der Waals surface area contributed by atoms with E-state index in [4.69, 9.17) is 4.74 Å². The van der Waals surface area contributed by atoms with Crippen molar-refractivity contribution in [3.05, 3.63) is 22.4 Å². The average Bonchev–Trinajstić information content (AvgIpc) is 3.07. The summed E-state index contributed by atoms with van der Waals surface area (Å²) in [7, 11) is 1.70. The van der Waals surface area contributed by atoms with Crippen molar-refractivity contribution in [2.75, 3.05) is 26.8 Å². The third-order valence-corrected chi connectivity index (χ3v) is 4.19. The molecule has 2 aromatic rings. The number of nitrogens with zero attached hydrogens (tertiary/aromatic N) is 4. The zero-order valence-electron chi connectivity index (χ0n) is 10.8. The van der Waals surface area contributed by atoms with Gasteiger partial charge >= 0.3 is 0 Å². The molecule has 2 heterocycles. The lowest BCUT2D eigenvalue weighted by Crippen LogP contribution is -2.24. The summed E-state index contributed by atoms with van der Waals surface area (Å²) in [5.74, 6) is 0.904. The topological polar surface area (TPSA) is 64.9 Å². The minimum atomic E-state index is 0.718. The number of aromatic nitrogens is 4. The highest BCUT2D eigenvalue weighted by Gasteiger charge is 2.06. The van der Waals surface area contributed by atoms with Crippen molar-refractivity contribution in [3.8, 4) is 0 Å². The van der Waals surface area contributed by atoms with Crippen LogP contribution in [-0.4, -0.2) is 47.0 Å². The first kappa shape index (κ1) is 14.4. The Labute approximate surface area is 120 Å². The monoisotopic (exact) mass is 299 g/mol. The molecule has 0 aromatic carbocycles. The SMILES string of the molecule is COCCNCCn1nnnc1SCc1ccsc1. The molecule has 0 aliphatic heterocycles. The van der Waals surface area contributed by atoms with Crippen LogP contribution in [0.3, 0.4) is 0 Å². The van der Waals surface area contributed by atoms with E-state index in [0.29, 0.717) is 0 Å². The van der Waals surface area contributed by atoms with Crippen molar-refractivity contribution in [3.63, 3.8) is 0 Å². The highest BCUT2D eigenvalue weighted by Crippen LogP contribution is 2.20. The fourth-order valence-electron chi connectivity index (χ4n) is 1.45. The largest absolute Gasteiger partial charge is 0.383 e. The fourth-order valence-corrected chi connectivity index (χ4v) is 3.07. The summed E-state index contributed by atoms with van der Waals surface area (Å²) in [4.78, 5) is 0. The van der Waals surface area contributed by atoms with E-state index in [-0.39, 0.29) is 0 Å². The maximum atomic E-state index is 4.97. The first-order valence-electron chi connectivity index (χ1n) is 6.00. The molecule has 104 valence electrons. The number of thiophene rings is 1. The number of rotatable bonds is 9. The third-order valence-electron chi connectivity index (χ3n) is 2.43. The molecular formula is C11H17N5OS2. The third kappa shape index (κ3) is 4.90. The summed E-state index contributed by atoms with van der Waals surface area (Å²) in [6.45, 7) is 3.16. The molecule has 0 saturated carbocycles. The molecule has 0 aliphatic carbocycles. The fraction of sp³-hybridized carbons (Fsp3) is 0.545. The number of nitrogens with one attached hydrogen (secondary N) is 1. The Hall–Kier alpha value is -0.960. The lowest BCUT2D eigenvalue weighted by atomic mass is 10.4. The number of hydrogen-bond acceptors (Lipinski definition) is 7. The lowest BCUT2D eigenvalue weighted by molar-refractivity contribution is 0.199. The van der Waals surface area contributed by atoms with Crippen LogP contribution in [0.1, 0.15) is 5.56 Å². The van der Waals surface area contributed by atoms with E-state index in [1.165, 1.54) is 5.56 Å². The van der Waals surface area contributed by atoms with Gasteiger partial charge in [-0.25, -0.2) is 4.68 Å². The van der Waals surface area contributed by atoms with Crippen molar-refractivity contribution in [1.82, 2.24) is 25.5 Å². The predicted molar refractivity (Wildman–Crippen MR) is 76.4 cm³/mol. The molecule has 6 nitrogen and oxygen atoms in total. The van der Waals surface area contributed by atoms with Gasteiger partial charge in [-0.1, -0.05) is 11.8 Å². The minimum absolute atomic E-state index is 0.718. The maximum absolute atomic E-state index is 4.97. The lowest BCUT2D eigenvalue weighted by Gasteiger charge is -2.05. The molecule has 0 amide bonds. The minimum Gasteiger partial charge on any atom is -0.383 e. The summed E-state index contributed by atoms with van der Waals surface area (Å²) < 4.78 is 6.80. The second-order valence-corrected chi connectivity index (χ2v) is 5.57. The van der Waals surface area contributed by atoms with E-state index in [1.807, 2.05) is 4.68 Å². The first-order valence-corrected chi connectivity index (χ1v) is 7.92. The second-order valence-electron chi connectivity index (χ2n) is 3.85. The van der Waals surface area contributed by atoms with Crippen molar-refractivity contribution in [2.45, 2.75) is 17.5 Å². The summed E-state index contributed by atoms with van der Waals surface area (Å²) in [5.41, 5.74) is 1.31. The zero-order valence-corrected chi connectivity index (χ0v) is 12.4. The molecule has 0 bridgehead atoms. The molecule has 1 N–H and O–H groups in total. The number of methoxy groups -OCH3 is 1. The molecule has 0 unspecified atom stereocenters. The van der Waals surface area contributed by atoms with Gasteiger partial charge in [0.15, 0.2) is 0 Å². The number of ether oxygens (including phenoxy) is 1. The Morgan fingerprint density at radius 3 is 3.21 bits per heavy atom. The Bertz CT molecular complexity index is 459. The van der Waals surface area contributed by atoms with Crippen molar-refractivity contribution in [1.29, 1.82) is 0 Å². The molecule has 0 aliphatic rings. The summed E-state index contributed by atoms with van der Waals surface area (Å²) >= 11 is 3.37. The smallest absolute Gasteiger partial charge is 0.209 e. The zero-order chi connectivity index (χ0) is 13.3. The Morgan fingerprint density at radius 1 is 1.47 bits per heavy atom. The highest BCUT2D eigenvalue weighted by atomic mass is 32.2. The summed E-state index contributed by atoms with van der Waals surface area (Å²) in [6.07, 6.45) is 0. The van der Waals surface area contributed by atoms with Crippen molar-refractivity contribution < 1.29 is 4.74 Å². The Morgan fingerprint density at radius 2 is 2.42 bits per heavy atom. The maximum Gasteiger partial charge on any atom is 0.209 e. The van der Waals surface area contributed by atoms with Gasteiger partial charge in [0.1, 0.15) is 0 Å². The molecule has 2 rings (SSSR count). The van der Waals surface area contributed by atoms with Gasteiger partial charge in [0, 0.05) is 26.0 Å². The average molecular weight is 299 g/mol. The number of hydrogen-bond donors (Lipinski definition) is 1. The van der Waals surface area contributed by atoms with Crippen LogP contribution in [0.4, 0.5) is 0 Å². The van der Waals surface area contributed by atoms with Crippen LogP contribution in [0.25, 0.3) is 0 Å². The second kappa shape index (κ2) is 8.26. The standard InChI is InChI=1S/C11H17N5OS2/c1-17-6-4-12-3-5-16-11(13-14-15-16)19-9-10-2-7-18-8-10/h2,7-8,12H,3-6,9H2,1H3. The van der Waals surface area contributed by atoms with Crippen LogP contribution < -0.4 is 5.32 Å². The molecule has 19 heavy (non-hydrogen) atoms. The quantitative estimate of drug-likeness (QED) is 0.555. The van der Waals surface area contributed by atoms with Gasteiger partial charge in [0.2, 0.25) is 5.16 Å². The van der Waals surface area contributed by atoms with Crippen molar-refractivity contribution >= 4 is 23.1 Å². The van der Waals surface area contributed by atoms with E-state index >= 15 is 0 Å². The van der Waals surface area contributed by atoms with Crippen LogP contribution in [0.5, 0.6) is 0 Å². The normalized spacial score (nSPS) is 11.0. The van der Waals surface area contributed by atoms with Crippen LogP contribution in [-0.2, 0) is 17.0 Å². The molecule has 0 atom stereocenters. The van der Waals surface area contributed by atoms with Crippen LogP contribution in [0.2, 0.25) is 0 Å². The predicted octanol–water partition coefficient (Wildman–Crippen LogP) is 1.26. The molecule has 0 fully saturated rings. The molecule has 0 radical (unpaired) electrons.